The molecule has 0 saturated carbocycles. The molecule has 0 amide bonds. The van der Waals surface area contributed by atoms with Gasteiger partial charge in [-0.15, -0.1) is 6.58 Å². The predicted molar refractivity (Wildman–Crippen MR) is 49.5 cm³/mol. The lowest BCUT2D eigenvalue weighted by Gasteiger charge is -1.97. The molecule has 1 N–H and O–H groups in total. The lowest BCUT2D eigenvalue weighted by atomic mass is 10.1. The van der Waals surface area contributed by atoms with Gasteiger partial charge in [-0.2, -0.15) is 0 Å². The molecule has 0 fully saturated rings. The highest BCUT2D eigenvalue weighted by molar-refractivity contribution is 5.00. The second-order valence-corrected chi connectivity index (χ2v) is 3.02. The van der Waals surface area contributed by atoms with Crippen molar-refractivity contribution in [3.8, 4) is 0 Å². The molecular weight excluding hydrogens is 136 g/mol. The van der Waals surface area contributed by atoms with Crippen molar-refractivity contribution >= 4 is 0 Å². The number of allylic oxidation sites excluding steroid dienone is 2. The van der Waals surface area contributed by atoms with E-state index in [1.807, 2.05) is 6.92 Å². The largest absolute Gasteiger partial charge is 0.396 e. The van der Waals surface area contributed by atoms with Gasteiger partial charge in [0.15, 0.2) is 0 Å². The highest BCUT2D eigenvalue weighted by atomic mass is 16.2. The maximum Gasteiger partial charge on any atom is 0.0468 e. The third kappa shape index (κ3) is 7.34. The van der Waals surface area contributed by atoms with Gasteiger partial charge in [-0.1, -0.05) is 17.2 Å². The first kappa shape index (κ1) is 10.4. The van der Waals surface area contributed by atoms with Crippen LogP contribution in [-0.4, -0.2) is 11.7 Å². The molecule has 11 heavy (non-hydrogen) atoms. The zero-order chi connectivity index (χ0) is 8.69. The van der Waals surface area contributed by atoms with Crippen LogP contribution < -0.4 is 0 Å². The standard InChI is InChI=1S/C10H18O/c1-9(2)5-4-6-10(3)7-8-11/h6,11H,1,4-5,7-8H2,2-3H3. The van der Waals surface area contributed by atoms with Crippen LogP contribution in [0, 0.1) is 0 Å². The fourth-order valence-electron chi connectivity index (χ4n) is 0.843. The van der Waals surface area contributed by atoms with E-state index in [4.69, 9.17) is 5.11 Å². The van der Waals surface area contributed by atoms with Crippen molar-refractivity contribution in [3.63, 3.8) is 0 Å². The van der Waals surface area contributed by atoms with E-state index in [-0.39, 0.29) is 6.61 Å². The van der Waals surface area contributed by atoms with Crippen LogP contribution in [0.2, 0.25) is 0 Å². The van der Waals surface area contributed by atoms with Gasteiger partial charge in [-0.05, 0) is 33.1 Å². The van der Waals surface area contributed by atoms with Gasteiger partial charge < -0.3 is 5.11 Å². The molecule has 0 unspecified atom stereocenters. The molecular formula is C10H18O. The third-order valence-corrected chi connectivity index (χ3v) is 1.57. The van der Waals surface area contributed by atoms with Gasteiger partial charge in [-0.3, -0.25) is 0 Å². The van der Waals surface area contributed by atoms with Crippen LogP contribution in [0.15, 0.2) is 23.8 Å². The van der Waals surface area contributed by atoms with Crippen molar-refractivity contribution in [2.75, 3.05) is 6.61 Å². The van der Waals surface area contributed by atoms with Crippen molar-refractivity contribution in [2.45, 2.75) is 33.1 Å². The van der Waals surface area contributed by atoms with Crippen LogP contribution in [0.3, 0.4) is 0 Å². The molecule has 1 nitrogen and oxygen atoms in total. The SMILES string of the molecule is C=C(C)CCC=C(C)CCO. The van der Waals surface area contributed by atoms with E-state index in [0.29, 0.717) is 0 Å². The van der Waals surface area contributed by atoms with Gasteiger partial charge in [0.2, 0.25) is 0 Å². The smallest absolute Gasteiger partial charge is 0.0468 e. The summed E-state index contributed by atoms with van der Waals surface area (Å²) in [6.45, 7) is 8.17. The highest BCUT2D eigenvalue weighted by Crippen LogP contribution is 2.06. The third-order valence-electron chi connectivity index (χ3n) is 1.57. The molecule has 0 aliphatic rings. The summed E-state index contributed by atoms with van der Waals surface area (Å²) in [6, 6.07) is 0. The van der Waals surface area contributed by atoms with E-state index in [2.05, 4.69) is 19.6 Å². The molecule has 1 heteroatoms. The number of aliphatic hydroxyl groups excluding tert-OH is 1. The van der Waals surface area contributed by atoms with Crippen molar-refractivity contribution in [2.24, 2.45) is 0 Å². The van der Waals surface area contributed by atoms with E-state index < -0.39 is 0 Å². The highest BCUT2D eigenvalue weighted by Gasteiger charge is 1.88. The molecule has 0 heterocycles. The topological polar surface area (TPSA) is 20.2 Å². The van der Waals surface area contributed by atoms with Gasteiger partial charge in [0.05, 0.1) is 0 Å². The fraction of sp³-hybridized carbons (Fsp3) is 0.600. The van der Waals surface area contributed by atoms with E-state index in [1.165, 1.54) is 11.1 Å². The minimum absolute atomic E-state index is 0.259. The van der Waals surface area contributed by atoms with E-state index in [1.54, 1.807) is 0 Å². The lowest BCUT2D eigenvalue weighted by Crippen LogP contribution is -1.84. The normalized spacial score (nSPS) is 11.7. The summed E-state index contributed by atoms with van der Waals surface area (Å²) in [4.78, 5) is 0. The van der Waals surface area contributed by atoms with Crippen LogP contribution in [0.25, 0.3) is 0 Å². The Morgan fingerprint density at radius 1 is 1.36 bits per heavy atom. The molecule has 0 aromatic heterocycles. The maximum absolute atomic E-state index is 8.59. The first-order valence-corrected chi connectivity index (χ1v) is 4.07. The summed E-state index contributed by atoms with van der Waals surface area (Å²) in [7, 11) is 0. The zero-order valence-corrected chi connectivity index (χ0v) is 7.56. The Morgan fingerprint density at radius 3 is 2.45 bits per heavy atom. The number of rotatable bonds is 5. The molecule has 0 spiro atoms. The second kappa shape index (κ2) is 6.17. The second-order valence-electron chi connectivity index (χ2n) is 3.02. The van der Waals surface area contributed by atoms with Gasteiger partial charge in [-0.25, -0.2) is 0 Å². The Balaban J connectivity index is 3.47. The Morgan fingerprint density at radius 2 is 2.00 bits per heavy atom. The van der Waals surface area contributed by atoms with Crippen LogP contribution in [0.1, 0.15) is 33.1 Å². The molecule has 0 aromatic rings. The number of hydrogen-bond acceptors (Lipinski definition) is 1. The number of aliphatic hydroxyl groups is 1. The van der Waals surface area contributed by atoms with Crippen molar-refractivity contribution < 1.29 is 5.11 Å². The first-order valence-electron chi connectivity index (χ1n) is 4.07. The van der Waals surface area contributed by atoms with Crippen LogP contribution in [0.4, 0.5) is 0 Å². The van der Waals surface area contributed by atoms with Crippen molar-refractivity contribution in [1.29, 1.82) is 0 Å². The van der Waals surface area contributed by atoms with Gasteiger partial charge in [0.25, 0.3) is 0 Å². The first-order chi connectivity index (χ1) is 5.16. The summed E-state index contributed by atoms with van der Waals surface area (Å²) in [5, 5.41) is 8.59. The number of hydrogen-bond donors (Lipinski definition) is 1. The summed E-state index contributed by atoms with van der Waals surface area (Å²) in [6.07, 6.45) is 5.09. The molecule has 0 radical (unpaired) electrons. The monoisotopic (exact) mass is 154 g/mol. The Labute approximate surface area is 69.4 Å². The van der Waals surface area contributed by atoms with Crippen LogP contribution in [-0.2, 0) is 0 Å². The average molecular weight is 154 g/mol. The minimum Gasteiger partial charge on any atom is -0.396 e. The van der Waals surface area contributed by atoms with Crippen LogP contribution in [0.5, 0.6) is 0 Å². The molecule has 0 bridgehead atoms. The molecule has 0 rings (SSSR count). The Hall–Kier alpha value is -0.560. The molecule has 0 aliphatic carbocycles. The Kier molecular flexibility index (Phi) is 5.86. The summed E-state index contributed by atoms with van der Waals surface area (Å²) in [5.74, 6) is 0. The minimum atomic E-state index is 0.259. The van der Waals surface area contributed by atoms with Crippen molar-refractivity contribution in [3.05, 3.63) is 23.8 Å². The fourth-order valence-corrected chi connectivity index (χ4v) is 0.843. The van der Waals surface area contributed by atoms with Crippen LogP contribution >= 0.6 is 0 Å². The molecule has 0 aliphatic heterocycles. The maximum atomic E-state index is 8.59. The summed E-state index contributed by atoms with van der Waals surface area (Å²) in [5.41, 5.74) is 2.49. The van der Waals surface area contributed by atoms with E-state index in [9.17, 15) is 0 Å². The molecule has 0 saturated heterocycles. The predicted octanol–water partition coefficient (Wildman–Crippen LogP) is 2.67. The lowest BCUT2D eigenvalue weighted by molar-refractivity contribution is 0.299. The van der Waals surface area contributed by atoms with Gasteiger partial charge in [0.1, 0.15) is 0 Å². The molecule has 0 atom stereocenters. The van der Waals surface area contributed by atoms with Gasteiger partial charge in [0, 0.05) is 6.61 Å². The van der Waals surface area contributed by atoms with Gasteiger partial charge >= 0.3 is 0 Å². The van der Waals surface area contributed by atoms with Crippen molar-refractivity contribution in [1.82, 2.24) is 0 Å². The Bertz CT molecular complexity index is 145. The zero-order valence-electron chi connectivity index (χ0n) is 7.56. The summed E-state index contributed by atoms with van der Waals surface area (Å²) < 4.78 is 0. The quantitative estimate of drug-likeness (QED) is 0.604. The summed E-state index contributed by atoms with van der Waals surface area (Å²) >= 11 is 0. The molecule has 64 valence electrons. The average Bonchev–Trinajstić information content (AvgIpc) is 1.87. The molecule has 0 aromatic carbocycles. The van der Waals surface area contributed by atoms with E-state index in [0.717, 1.165) is 19.3 Å². The van der Waals surface area contributed by atoms with E-state index >= 15 is 0 Å².